The number of hydrogen-bond acceptors (Lipinski definition) is 0. The molecule has 0 bridgehead atoms. The molecule has 0 saturated carbocycles. The van der Waals surface area contributed by atoms with Crippen molar-refractivity contribution in [1.29, 1.82) is 0 Å². The number of hydrogen-bond donors (Lipinski definition) is 0. The molecule has 20 heavy (non-hydrogen) atoms. The van der Waals surface area contributed by atoms with E-state index >= 15 is 0 Å². The summed E-state index contributed by atoms with van der Waals surface area (Å²) >= 11 is 0. The van der Waals surface area contributed by atoms with Crippen LogP contribution in [0, 0.1) is 11.6 Å². The molecule has 0 aliphatic rings. The van der Waals surface area contributed by atoms with Crippen molar-refractivity contribution in [2.75, 3.05) is 0 Å². The zero-order valence-corrected chi connectivity index (χ0v) is 12.4. The highest BCUT2D eigenvalue weighted by Gasteiger charge is 2.14. The van der Waals surface area contributed by atoms with Crippen LogP contribution in [0.15, 0.2) is 36.4 Å². The van der Waals surface area contributed by atoms with Crippen molar-refractivity contribution in [1.82, 2.24) is 0 Å². The summed E-state index contributed by atoms with van der Waals surface area (Å²) in [6.07, 6.45) is 0. The van der Waals surface area contributed by atoms with Crippen molar-refractivity contribution in [3.8, 4) is 11.1 Å². The van der Waals surface area contributed by atoms with Crippen molar-refractivity contribution in [2.24, 2.45) is 0 Å². The van der Waals surface area contributed by atoms with Gasteiger partial charge in [0.05, 0.1) is 5.56 Å². The normalized spacial score (nSPS) is 11.4. The van der Waals surface area contributed by atoms with Crippen molar-refractivity contribution >= 4 is 0 Å². The van der Waals surface area contributed by atoms with Crippen LogP contribution in [0.5, 0.6) is 0 Å². The summed E-state index contributed by atoms with van der Waals surface area (Å²) in [5.41, 5.74) is 2.90. The van der Waals surface area contributed by atoms with Crippen molar-refractivity contribution < 1.29 is 8.78 Å². The lowest BCUT2D eigenvalue weighted by Gasteiger charge is -2.15. The molecule has 2 heteroatoms. The summed E-state index contributed by atoms with van der Waals surface area (Å²) in [6.45, 7) is 8.34. The molecule has 0 aromatic heterocycles. The minimum atomic E-state index is -0.513. The molecule has 0 nitrogen and oxygen atoms in total. The molecular weight excluding hydrogens is 254 g/mol. The van der Waals surface area contributed by atoms with Gasteiger partial charge in [0.15, 0.2) is 0 Å². The van der Waals surface area contributed by atoms with E-state index in [2.05, 4.69) is 33.8 Å². The molecule has 0 atom stereocenters. The minimum absolute atomic E-state index is 0.0666. The Balaban J connectivity index is 2.67. The highest BCUT2D eigenvalue weighted by atomic mass is 19.1. The van der Waals surface area contributed by atoms with Gasteiger partial charge >= 0.3 is 0 Å². The average Bonchev–Trinajstić information content (AvgIpc) is 2.38. The molecule has 0 aliphatic heterocycles. The second-order valence-corrected chi connectivity index (χ2v) is 5.79. The third-order valence-corrected chi connectivity index (χ3v) is 3.56. The Kier molecular flexibility index (Phi) is 4.22. The van der Waals surface area contributed by atoms with Crippen LogP contribution in [-0.2, 0) is 0 Å². The Hall–Kier alpha value is -1.70. The Labute approximate surface area is 119 Å². The van der Waals surface area contributed by atoms with E-state index in [1.54, 1.807) is 0 Å². The van der Waals surface area contributed by atoms with Gasteiger partial charge in [-0.15, -0.1) is 0 Å². The van der Waals surface area contributed by atoms with Crippen LogP contribution < -0.4 is 0 Å². The van der Waals surface area contributed by atoms with Crippen LogP contribution in [0.2, 0.25) is 0 Å². The number of benzene rings is 2. The van der Waals surface area contributed by atoms with Crippen molar-refractivity contribution in [3.05, 3.63) is 59.2 Å². The smallest absolute Gasteiger partial charge is 0.133 e. The SMILES string of the molecule is CC(C)c1cc(-c2c(F)cccc2F)cc(C(C)C)c1. The lowest BCUT2D eigenvalue weighted by molar-refractivity contribution is 0.589. The molecule has 2 aromatic carbocycles. The lowest BCUT2D eigenvalue weighted by atomic mass is 9.90. The topological polar surface area (TPSA) is 0 Å². The van der Waals surface area contributed by atoms with Gasteiger partial charge in [-0.25, -0.2) is 8.78 Å². The first-order valence-corrected chi connectivity index (χ1v) is 6.99. The monoisotopic (exact) mass is 274 g/mol. The van der Waals surface area contributed by atoms with Crippen molar-refractivity contribution in [3.63, 3.8) is 0 Å². The number of rotatable bonds is 3. The summed E-state index contributed by atoms with van der Waals surface area (Å²) in [5, 5.41) is 0. The van der Waals surface area contributed by atoms with Gasteiger partial charge in [0.25, 0.3) is 0 Å². The third-order valence-electron chi connectivity index (χ3n) is 3.56. The molecule has 0 amide bonds. The molecule has 0 fully saturated rings. The molecule has 0 radical (unpaired) electrons. The molecule has 2 aromatic rings. The van der Waals surface area contributed by atoms with Gasteiger partial charge in [-0.2, -0.15) is 0 Å². The zero-order chi connectivity index (χ0) is 14.9. The van der Waals surface area contributed by atoms with E-state index in [-0.39, 0.29) is 5.56 Å². The fourth-order valence-electron chi connectivity index (χ4n) is 2.26. The standard InChI is InChI=1S/C18H20F2/c1-11(2)13-8-14(12(3)4)10-15(9-13)18-16(19)6-5-7-17(18)20/h5-12H,1-4H3. The van der Waals surface area contributed by atoms with Gasteiger partial charge in [-0.1, -0.05) is 52.0 Å². The molecule has 2 rings (SSSR count). The molecular formula is C18H20F2. The predicted molar refractivity (Wildman–Crippen MR) is 80.0 cm³/mol. The zero-order valence-electron chi connectivity index (χ0n) is 12.4. The van der Waals surface area contributed by atoms with Crippen LogP contribution >= 0.6 is 0 Å². The third kappa shape index (κ3) is 2.90. The second-order valence-electron chi connectivity index (χ2n) is 5.79. The van der Waals surface area contributed by atoms with Crippen LogP contribution in [0.3, 0.4) is 0 Å². The quantitative estimate of drug-likeness (QED) is 0.655. The molecule has 0 heterocycles. The van der Waals surface area contributed by atoms with Crippen LogP contribution in [-0.4, -0.2) is 0 Å². The molecule has 0 unspecified atom stereocenters. The molecule has 106 valence electrons. The van der Waals surface area contributed by atoms with Gasteiger partial charge in [0.1, 0.15) is 11.6 Å². The summed E-state index contributed by atoms with van der Waals surface area (Å²) in [6, 6.07) is 9.89. The van der Waals surface area contributed by atoms with E-state index in [9.17, 15) is 8.78 Å². The Bertz CT molecular complexity index is 566. The fourth-order valence-corrected chi connectivity index (χ4v) is 2.26. The summed E-state index contributed by atoms with van der Waals surface area (Å²) in [7, 11) is 0. The van der Waals surface area contributed by atoms with E-state index < -0.39 is 11.6 Å². The summed E-state index contributed by atoms with van der Waals surface area (Å²) < 4.78 is 27.9. The first-order valence-electron chi connectivity index (χ1n) is 6.99. The number of halogens is 2. The Morgan fingerprint density at radius 1 is 0.750 bits per heavy atom. The van der Waals surface area contributed by atoms with Crippen LogP contribution in [0.4, 0.5) is 8.78 Å². The summed E-state index contributed by atoms with van der Waals surface area (Å²) in [5.74, 6) is -0.384. The Morgan fingerprint density at radius 3 is 1.60 bits per heavy atom. The van der Waals surface area contributed by atoms with E-state index in [4.69, 9.17) is 0 Å². The minimum Gasteiger partial charge on any atom is -0.206 e. The summed E-state index contributed by atoms with van der Waals surface area (Å²) in [4.78, 5) is 0. The first-order chi connectivity index (χ1) is 9.40. The lowest BCUT2D eigenvalue weighted by Crippen LogP contribution is -1.97. The average molecular weight is 274 g/mol. The van der Waals surface area contributed by atoms with Gasteiger partial charge in [0, 0.05) is 0 Å². The first kappa shape index (κ1) is 14.7. The van der Waals surface area contributed by atoms with E-state index in [0.717, 1.165) is 11.1 Å². The maximum atomic E-state index is 14.0. The van der Waals surface area contributed by atoms with Crippen LogP contribution in [0.25, 0.3) is 11.1 Å². The van der Waals surface area contributed by atoms with Gasteiger partial charge in [-0.05, 0) is 40.7 Å². The Morgan fingerprint density at radius 2 is 1.20 bits per heavy atom. The van der Waals surface area contributed by atoms with Gasteiger partial charge in [-0.3, -0.25) is 0 Å². The van der Waals surface area contributed by atoms with E-state index in [1.807, 2.05) is 12.1 Å². The maximum Gasteiger partial charge on any atom is 0.133 e. The van der Waals surface area contributed by atoms with Gasteiger partial charge < -0.3 is 0 Å². The maximum absolute atomic E-state index is 14.0. The van der Waals surface area contributed by atoms with Gasteiger partial charge in [0.2, 0.25) is 0 Å². The highest BCUT2D eigenvalue weighted by molar-refractivity contribution is 5.67. The van der Waals surface area contributed by atoms with Crippen LogP contribution in [0.1, 0.15) is 50.7 Å². The second kappa shape index (κ2) is 5.74. The largest absolute Gasteiger partial charge is 0.206 e. The van der Waals surface area contributed by atoms with E-state index in [0.29, 0.717) is 17.4 Å². The molecule has 0 spiro atoms. The molecule has 0 saturated heterocycles. The van der Waals surface area contributed by atoms with Crippen molar-refractivity contribution in [2.45, 2.75) is 39.5 Å². The molecule has 0 N–H and O–H groups in total. The highest BCUT2D eigenvalue weighted by Crippen LogP contribution is 2.32. The predicted octanol–water partition coefficient (Wildman–Crippen LogP) is 5.88. The molecule has 0 aliphatic carbocycles. The fraction of sp³-hybridized carbons (Fsp3) is 0.333. The van der Waals surface area contributed by atoms with E-state index in [1.165, 1.54) is 18.2 Å².